The van der Waals surface area contributed by atoms with E-state index >= 15 is 0 Å². The number of fused-ring (bicyclic) bond motifs is 1. The van der Waals surface area contributed by atoms with Crippen molar-refractivity contribution in [1.82, 2.24) is 18.7 Å². The number of nitrogens with zero attached hydrogens (tertiary/aromatic N) is 5. The highest BCUT2D eigenvalue weighted by atomic mass is 16.2. The number of hydrogen-bond donors (Lipinski definition) is 0. The first-order chi connectivity index (χ1) is 17.6. The lowest BCUT2D eigenvalue weighted by Crippen LogP contribution is -2.41. The van der Waals surface area contributed by atoms with Crippen molar-refractivity contribution in [2.75, 3.05) is 0 Å². The maximum atomic E-state index is 13.8. The van der Waals surface area contributed by atoms with Crippen molar-refractivity contribution in [1.29, 1.82) is 5.26 Å². The number of rotatable bonds is 8. The minimum Gasteiger partial charge on any atom is -0.317 e. The molecule has 0 saturated heterocycles. The molecule has 4 aromatic rings. The number of hydrogen-bond acceptors (Lipinski definition) is 4. The van der Waals surface area contributed by atoms with E-state index in [4.69, 9.17) is 4.98 Å². The Morgan fingerprint density at radius 2 is 1.67 bits per heavy atom. The molecule has 1 saturated carbocycles. The van der Waals surface area contributed by atoms with Crippen LogP contribution in [-0.4, -0.2) is 18.7 Å². The highest BCUT2D eigenvalue weighted by Crippen LogP contribution is 2.35. The van der Waals surface area contributed by atoms with Gasteiger partial charge in [-0.3, -0.25) is 13.9 Å². The van der Waals surface area contributed by atoms with Crippen molar-refractivity contribution >= 4 is 11.2 Å². The van der Waals surface area contributed by atoms with Gasteiger partial charge in [-0.15, -0.1) is 0 Å². The zero-order valence-corrected chi connectivity index (χ0v) is 20.7. The smallest absolute Gasteiger partial charge is 0.317 e. The molecule has 7 heteroatoms. The van der Waals surface area contributed by atoms with E-state index in [0.29, 0.717) is 49.2 Å². The summed E-state index contributed by atoms with van der Waals surface area (Å²) >= 11 is 0. The van der Waals surface area contributed by atoms with Gasteiger partial charge in [0.1, 0.15) is 5.82 Å². The van der Waals surface area contributed by atoms with Gasteiger partial charge in [-0.1, -0.05) is 68.3 Å². The normalized spacial score (nSPS) is 13.9. The van der Waals surface area contributed by atoms with Gasteiger partial charge in [0.25, 0.3) is 5.56 Å². The molecule has 0 unspecified atom stereocenters. The molecular formula is C29H31N5O2. The van der Waals surface area contributed by atoms with E-state index in [9.17, 15) is 14.9 Å². The van der Waals surface area contributed by atoms with Gasteiger partial charge in [0, 0.05) is 25.6 Å². The molecular weight excluding hydrogens is 450 g/mol. The number of nitriles is 1. The lowest BCUT2D eigenvalue weighted by atomic mass is 10.1. The fourth-order valence-electron chi connectivity index (χ4n) is 5.43. The number of imidazole rings is 1. The first kappa shape index (κ1) is 23.8. The predicted molar refractivity (Wildman–Crippen MR) is 140 cm³/mol. The van der Waals surface area contributed by atoms with Crippen LogP contribution in [0.1, 0.15) is 67.5 Å². The Hall–Kier alpha value is -3.92. The summed E-state index contributed by atoms with van der Waals surface area (Å²) in [7, 11) is 0. The minimum atomic E-state index is -0.328. The lowest BCUT2D eigenvalue weighted by Gasteiger charge is -2.14. The van der Waals surface area contributed by atoms with Gasteiger partial charge in [0.2, 0.25) is 0 Å². The van der Waals surface area contributed by atoms with Gasteiger partial charge in [0.15, 0.2) is 11.2 Å². The van der Waals surface area contributed by atoms with Gasteiger partial charge in [-0.2, -0.15) is 5.26 Å². The third-order valence-electron chi connectivity index (χ3n) is 7.24. The molecule has 7 nitrogen and oxygen atoms in total. The molecule has 2 aromatic heterocycles. The van der Waals surface area contributed by atoms with Crippen LogP contribution in [-0.2, 0) is 26.1 Å². The lowest BCUT2D eigenvalue weighted by molar-refractivity contribution is 0.558. The largest absolute Gasteiger partial charge is 0.332 e. The summed E-state index contributed by atoms with van der Waals surface area (Å²) in [4.78, 5) is 32.3. The molecule has 0 bridgehead atoms. The monoisotopic (exact) mass is 481 g/mol. The zero-order valence-electron chi connectivity index (χ0n) is 20.7. The van der Waals surface area contributed by atoms with Crippen LogP contribution in [0, 0.1) is 11.3 Å². The van der Waals surface area contributed by atoms with Crippen LogP contribution in [0.15, 0.2) is 64.2 Å². The molecule has 2 aromatic carbocycles. The molecule has 184 valence electrons. The number of aryl methyl sites for hydroxylation is 2. The summed E-state index contributed by atoms with van der Waals surface area (Å²) in [6.07, 6.45) is 5.57. The second-order valence-corrected chi connectivity index (χ2v) is 9.61. The third kappa shape index (κ3) is 4.39. The maximum Gasteiger partial charge on any atom is 0.332 e. The summed E-state index contributed by atoms with van der Waals surface area (Å²) in [5.41, 5.74) is 2.95. The number of benzene rings is 2. The molecule has 0 N–H and O–H groups in total. The molecule has 0 radical (unpaired) electrons. The van der Waals surface area contributed by atoms with E-state index in [1.165, 1.54) is 4.57 Å². The Balaban J connectivity index is 1.71. The highest BCUT2D eigenvalue weighted by molar-refractivity contribution is 5.71. The SMILES string of the molecule is CCCn1c(=O)c2c(nc(C3CCCC3)n2Cc2ccccc2)n(CCc2ccccc2C#N)c1=O. The topological polar surface area (TPSA) is 85.6 Å². The summed E-state index contributed by atoms with van der Waals surface area (Å²) in [5, 5.41) is 9.51. The van der Waals surface area contributed by atoms with Gasteiger partial charge in [-0.05, 0) is 42.9 Å². The zero-order chi connectivity index (χ0) is 25.1. The quantitative estimate of drug-likeness (QED) is 0.368. The molecule has 0 spiro atoms. The fraction of sp³-hybridized carbons (Fsp3) is 0.379. The molecule has 0 aliphatic heterocycles. The maximum absolute atomic E-state index is 13.8. The first-order valence-corrected chi connectivity index (χ1v) is 12.9. The van der Waals surface area contributed by atoms with Crippen LogP contribution in [0.4, 0.5) is 0 Å². The van der Waals surface area contributed by atoms with Crippen LogP contribution in [0.25, 0.3) is 11.2 Å². The molecule has 5 rings (SSSR count). The van der Waals surface area contributed by atoms with E-state index in [0.717, 1.165) is 42.6 Å². The van der Waals surface area contributed by atoms with E-state index in [1.54, 1.807) is 10.6 Å². The Morgan fingerprint density at radius 3 is 2.39 bits per heavy atom. The predicted octanol–water partition coefficient (Wildman–Crippen LogP) is 4.59. The standard InChI is InChI=1S/C29H31N5O2/c1-2-17-33-28(35)25-27(32(29(33)36)18-16-22-12-6-9-15-24(22)19-30)31-26(23-13-7-8-14-23)34(25)20-21-10-4-3-5-11-21/h3-6,9-12,15,23H,2,7-8,13-14,16-18,20H2,1H3. The van der Waals surface area contributed by atoms with Crippen LogP contribution >= 0.6 is 0 Å². The van der Waals surface area contributed by atoms with Gasteiger partial charge >= 0.3 is 5.69 Å². The van der Waals surface area contributed by atoms with Crippen molar-refractivity contribution in [3.8, 4) is 6.07 Å². The summed E-state index contributed by atoms with van der Waals surface area (Å²) < 4.78 is 5.08. The van der Waals surface area contributed by atoms with E-state index in [-0.39, 0.29) is 17.2 Å². The summed E-state index contributed by atoms with van der Waals surface area (Å²) in [6.45, 7) is 3.22. The number of aromatic nitrogens is 4. The van der Waals surface area contributed by atoms with Crippen LogP contribution in [0.2, 0.25) is 0 Å². The van der Waals surface area contributed by atoms with Crippen molar-refractivity contribution in [3.63, 3.8) is 0 Å². The van der Waals surface area contributed by atoms with E-state index < -0.39 is 0 Å². The van der Waals surface area contributed by atoms with E-state index in [2.05, 4.69) is 22.8 Å². The first-order valence-electron chi connectivity index (χ1n) is 12.9. The Morgan fingerprint density at radius 1 is 0.944 bits per heavy atom. The molecule has 1 aliphatic carbocycles. The molecule has 0 atom stereocenters. The average Bonchev–Trinajstić information content (AvgIpc) is 3.56. The average molecular weight is 482 g/mol. The van der Waals surface area contributed by atoms with Gasteiger partial charge in [-0.25, -0.2) is 9.78 Å². The molecule has 1 fully saturated rings. The molecule has 36 heavy (non-hydrogen) atoms. The second kappa shape index (κ2) is 10.4. The third-order valence-corrected chi connectivity index (χ3v) is 7.24. The van der Waals surface area contributed by atoms with Crippen molar-refractivity contribution in [2.45, 2.75) is 71.0 Å². The summed E-state index contributed by atoms with van der Waals surface area (Å²) in [5.74, 6) is 1.19. The van der Waals surface area contributed by atoms with Gasteiger partial charge in [0.05, 0.1) is 11.6 Å². The summed E-state index contributed by atoms with van der Waals surface area (Å²) in [6, 6.07) is 19.8. The van der Waals surface area contributed by atoms with Crippen molar-refractivity contribution < 1.29 is 0 Å². The molecule has 2 heterocycles. The second-order valence-electron chi connectivity index (χ2n) is 9.61. The van der Waals surface area contributed by atoms with Crippen LogP contribution in [0.5, 0.6) is 0 Å². The highest BCUT2D eigenvalue weighted by Gasteiger charge is 2.27. The van der Waals surface area contributed by atoms with Crippen LogP contribution < -0.4 is 11.2 Å². The Labute approximate surface area is 210 Å². The molecule has 1 aliphatic rings. The minimum absolute atomic E-state index is 0.266. The van der Waals surface area contributed by atoms with Crippen molar-refractivity contribution in [3.05, 3.63) is 98.0 Å². The van der Waals surface area contributed by atoms with Crippen LogP contribution in [0.3, 0.4) is 0 Å². The fourth-order valence-corrected chi connectivity index (χ4v) is 5.43. The Bertz CT molecular complexity index is 1530. The Kier molecular flexibility index (Phi) is 6.86. The van der Waals surface area contributed by atoms with Crippen molar-refractivity contribution in [2.24, 2.45) is 0 Å². The van der Waals surface area contributed by atoms with Gasteiger partial charge < -0.3 is 4.57 Å². The molecule has 0 amide bonds. The van der Waals surface area contributed by atoms with E-state index in [1.807, 2.05) is 43.3 Å².